The summed E-state index contributed by atoms with van der Waals surface area (Å²) in [5.74, 6) is -0.557. The SMILES string of the molecule is Cn1nc(C(=O)NC2(C)CCCc3ccccc32)cc1OC(F)F. The summed E-state index contributed by atoms with van der Waals surface area (Å²) >= 11 is 0. The van der Waals surface area contributed by atoms with Gasteiger partial charge in [-0.05, 0) is 37.3 Å². The molecule has 5 nitrogen and oxygen atoms in total. The highest BCUT2D eigenvalue weighted by Gasteiger charge is 2.34. The molecule has 1 aliphatic carbocycles. The van der Waals surface area contributed by atoms with E-state index in [1.54, 1.807) is 0 Å². The molecule has 24 heavy (non-hydrogen) atoms. The number of alkyl halides is 2. The van der Waals surface area contributed by atoms with Crippen molar-refractivity contribution < 1.29 is 18.3 Å². The van der Waals surface area contributed by atoms with Crippen LogP contribution in [0.2, 0.25) is 0 Å². The van der Waals surface area contributed by atoms with E-state index in [9.17, 15) is 13.6 Å². The first-order valence-electron chi connectivity index (χ1n) is 7.79. The molecule has 1 N–H and O–H groups in total. The Bertz CT molecular complexity index is 760. The Hall–Kier alpha value is -2.44. The lowest BCUT2D eigenvalue weighted by Gasteiger charge is -2.36. The number of carbonyl (C=O) groups excluding carboxylic acids is 1. The monoisotopic (exact) mass is 335 g/mol. The standard InChI is InChI=1S/C17H19F2N3O2/c1-17(9-5-7-11-6-3-4-8-12(11)17)20-15(23)13-10-14(22(2)21-13)24-16(18)19/h3-4,6,8,10,16H,5,7,9H2,1-2H3,(H,20,23). The number of aromatic nitrogens is 2. The molecule has 1 aromatic heterocycles. The van der Waals surface area contributed by atoms with Gasteiger partial charge in [0.25, 0.3) is 5.91 Å². The van der Waals surface area contributed by atoms with Gasteiger partial charge < -0.3 is 10.1 Å². The van der Waals surface area contributed by atoms with Gasteiger partial charge in [-0.15, -0.1) is 0 Å². The maximum Gasteiger partial charge on any atom is 0.388 e. The maximum absolute atomic E-state index is 12.5. The largest absolute Gasteiger partial charge is 0.417 e. The smallest absolute Gasteiger partial charge is 0.388 e. The number of ether oxygens (including phenoxy) is 1. The first-order valence-corrected chi connectivity index (χ1v) is 7.79. The molecular formula is C17H19F2N3O2. The van der Waals surface area contributed by atoms with Gasteiger partial charge in [0.05, 0.1) is 5.54 Å². The van der Waals surface area contributed by atoms with Crippen LogP contribution >= 0.6 is 0 Å². The van der Waals surface area contributed by atoms with Crippen LogP contribution in [0.5, 0.6) is 5.88 Å². The van der Waals surface area contributed by atoms with Crippen molar-refractivity contribution >= 4 is 5.91 Å². The van der Waals surface area contributed by atoms with Crippen molar-refractivity contribution in [3.8, 4) is 5.88 Å². The second kappa shape index (κ2) is 6.22. The first kappa shape index (κ1) is 16.4. The molecule has 0 spiro atoms. The van der Waals surface area contributed by atoms with Crippen LogP contribution in [0.15, 0.2) is 30.3 Å². The average Bonchev–Trinajstić information content (AvgIpc) is 2.88. The van der Waals surface area contributed by atoms with Crippen LogP contribution in [0.1, 0.15) is 41.4 Å². The fraction of sp³-hybridized carbons (Fsp3) is 0.412. The van der Waals surface area contributed by atoms with E-state index in [-0.39, 0.29) is 11.6 Å². The van der Waals surface area contributed by atoms with E-state index in [4.69, 9.17) is 0 Å². The number of carbonyl (C=O) groups is 1. The van der Waals surface area contributed by atoms with Gasteiger partial charge in [0.1, 0.15) is 0 Å². The van der Waals surface area contributed by atoms with Gasteiger partial charge >= 0.3 is 6.61 Å². The summed E-state index contributed by atoms with van der Waals surface area (Å²) in [4.78, 5) is 12.5. The average molecular weight is 335 g/mol. The van der Waals surface area contributed by atoms with E-state index in [0.717, 1.165) is 29.5 Å². The Morgan fingerprint density at radius 2 is 2.17 bits per heavy atom. The van der Waals surface area contributed by atoms with Crippen LogP contribution in [0.4, 0.5) is 8.78 Å². The Morgan fingerprint density at radius 1 is 1.42 bits per heavy atom. The van der Waals surface area contributed by atoms with Crippen LogP contribution in [0.3, 0.4) is 0 Å². The Kier molecular flexibility index (Phi) is 4.26. The third-order valence-electron chi connectivity index (χ3n) is 4.40. The van der Waals surface area contributed by atoms with Gasteiger partial charge in [-0.2, -0.15) is 13.9 Å². The van der Waals surface area contributed by atoms with Crippen LogP contribution in [-0.4, -0.2) is 22.3 Å². The summed E-state index contributed by atoms with van der Waals surface area (Å²) in [6.45, 7) is -0.985. The van der Waals surface area contributed by atoms with Crippen molar-refractivity contribution in [3.63, 3.8) is 0 Å². The quantitative estimate of drug-likeness (QED) is 0.934. The zero-order valence-corrected chi connectivity index (χ0v) is 13.6. The Morgan fingerprint density at radius 3 is 2.92 bits per heavy atom. The summed E-state index contributed by atoms with van der Waals surface area (Å²) in [5, 5.41) is 6.97. The molecule has 1 amide bonds. The minimum atomic E-state index is -2.96. The van der Waals surface area contributed by atoms with Gasteiger partial charge in [-0.3, -0.25) is 4.79 Å². The molecule has 1 atom stereocenters. The molecule has 2 aromatic rings. The van der Waals surface area contributed by atoms with E-state index in [0.29, 0.717) is 0 Å². The second-order valence-corrected chi connectivity index (χ2v) is 6.17. The molecule has 1 aliphatic rings. The van der Waals surface area contributed by atoms with Gasteiger partial charge in [-0.25, -0.2) is 4.68 Å². The van der Waals surface area contributed by atoms with Gasteiger partial charge in [0.15, 0.2) is 5.69 Å². The van der Waals surface area contributed by atoms with E-state index < -0.39 is 18.1 Å². The third-order valence-corrected chi connectivity index (χ3v) is 4.40. The number of nitrogens with zero attached hydrogens (tertiary/aromatic N) is 2. The number of hydrogen-bond donors (Lipinski definition) is 1. The molecule has 3 rings (SSSR count). The fourth-order valence-corrected chi connectivity index (χ4v) is 3.25. The van der Waals surface area contributed by atoms with Crippen LogP contribution in [0, 0.1) is 0 Å². The number of rotatable bonds is 4. The molecule has 1 aromatic carbocycles. The first-order chi connectivity index (χ1) is 11.4. The van der Waals surface area contributed by atoms with E-state index >= 15 is 0 Å². The summed E-state index contributed by atoms with van der Waals surface area (Å²) in [5.41, 5.74) is 1.85. The van der Waals surface area contributed by atoms with Crippen molar-refractivity contribution in [2.24, 2.45) is 7.05 Å². The van der Waals surface area contributed by atoms with Crippen LogP contribution < -0.4 is 10.1 Å². The van der Waals surface area contributed by atoms with E-state index in [1.807, 2.05) is 25.1 Å². The molecule has 0 aliphatic heterocycles. The molecule has 1 unspecified atom stereocenters. The van der Waals surface area contributed by atoms with Crippen molar-refractivity contribution in [2.45, 2.75) is 38.3 Å². The summed E-state index contributed by atoms with van der Waals surface area (Å²) in [7, 11) is 1.45. The minimum Gasteiger partial charge on any atom is -0.417 e. The number of amides is 1. The summed E-state index contributed by atoms with van der Waals surface area (Å²) in [6.07, 6.45) is 2.76. The van der Waals surface area contributed by atoms with Crippen molar-refractivity contribution in [2.75, 3.05) is 0 Å². The highest BCUT2D eigenvalue weighted by Crippen LogP contribution is 2.35. The number of halogens is 2. The van der Waals surface area contributed by atoms with Gasteiger partial charge in [-0.1, -0.05) is 24.3 Å². The Labute approximate surface area is 138 Å². The molecule has 128 valence electrons. The van der Waals surface area contributed by atoms with E-state index in [1.165, 1.54) is 18.7 Å². The molecule has 0 fully saturated rings. The van der Waals surface area contributed by atoms with E-state index in [2.05, 4.69) is 21.2 Å². The highest BCUT2D eigenvalue weighted by atomic mass is 19.3. The number of nitrogens with one attached hydrogen (secondary N) is 1. The van der Waals surface area contributed by atoms with Crippen molar-refractivity contribution in [1.82, 2.24) is 15.1 Å². The zero-order chi connectivity index (χ0) is 17.3. The molecule has 1 heterocycles. The van der Waals surface area contributed by atoms with Crippen molar-refractivity contribution in [1.29, 1.82) is 0 Å². The lowest BCUT2D eigenvalue weighted by atomic mass is 9.77. The highest BCUT2D eigenvalue weighted by molar-refractivity contribution is 5.93. The van der Waals surface area contributed by atoms with Gasteiger partial charge in [0.2, 0.25) is 5.88 Å². The third kappa shape index (κ3) is 3.11. The normalized spacial score (nSPS) is 19.9. The lowest BCUT2D eigenvalue weighted by molar-refractivity contribution is -0.0553. The second-order valence-electron chi connectivity index (χ2n) is 6.17. The van der Waals surface area contributed by atoms with Crippen molar-refractivity contribution in [3.05, 3.63) is 47.2 Å². The number of aryl methyl sites for hydroxylation is 2. The molecule has 0 saturated heterocycles. The minimum absolute atomic E-state index is 0.0532. The fourth-order valence-electron chi connectivity index (χ4n) is 3.25. The van der Waals surface area contributed by atoms with Crippen LogP contribution in [0.25, 0.3) is 0 Å². The number of benzene rings is 1. The Balaban J connectivity index is 1.83. The summed E-state index contributed by atoms with van der Waals surface area (Å²) < 4.78 is 30.1. The molecule has 0 radical (unpaired) electrons. The molecular weight excluding hydrogens is 316 g/mol. The maximum atomic E-state index is 12.5. The summed E-state index contributed by atoms with van der Waals surface area (Å²) in [6, 6.07) is 9.23. The predicted octanol–water partition coefficient (Wildman–Crippen LogP) is 3.00. The number of fused-ring (bicyclic) bond motifs is 1. The lowest BCUT2D eigenvalue weighted by Crippen LogP contribution is -2.45. The number of hydrogen-bond acceptors (Lipinski definition) is 3. The zero-order valence-electron chi connectivity index (χ0n) is 13.6. The molecule has 7 heteroatoms. The van der Waals surface area contributed by atoms with Crippen LogP contribution in [-0.2, 0) is 19.0 Å². The molecule has 0 bridgehead atoms. The predicted molar refractivity (Wildman–Crippen MR) is 84.0 cm³/mol. The van der Waals surface area contributed by atoms with Gasteiger partial charge in [0, 0.05) is 13.1 Å². The molecule has 0 saturated carbocycles. The topological polar surface area (TPSA) is 56.2 Å².